The third-order valence-corrected chi connectivity index (χ3v) is 7.37. The minimum absolute atomic E-state index is 0.0696. The van der Waals surface area contributed by atoms with Gasteiger partial charge >= 0.3 is 0 Å². The van der Waals surface area contributed by atoms with Gasteiger partial charge in [-0.05, 0) is 55.0 Å². The molecule has 1 atom stereocenters. The summed E-state index contributed by atoms with van der Waals surface area (Å²) in [5, 5.41) is 0. The monoisotopic (exact) mass is 485 g/mol. The van der Waals surface area contributed by atoms with Crippen molar-refractivity contribution in [2.75, 3.05) is 37.6 Å². The van der Waals surface area contributed by atoms with Gasteiger partial charge in [-0.3, -0.25) is 9.69 Å². The molecule has 1 saturated heterocycles. The van der Waals surface area contributed by atoms with E-state index in [9.17, 15) is 4.79 Å². The predicted molar refractivity (Wildman–Crippen MR) is 137 cm³/mol. The Morgan fingerprint density at radius 1 is 0.972 bits per heavy atom. The maximum Gasteiger partial charge on any atom is 0.294 e. The van der Waals surface area contributed by atoms with Crippen molar-refractivity contribution < 1.29 is 18.7 Å². The molecular weight excluding hydrogens is 454 g/mol. The molecule has 0 N–H and O–H groups in total. The number of furan rings is 1. The first-order valence-electron chi connectivity index (χ1n) is 12.8. The molecule has 6 rings (SSSR count). The second-order valence-electron chi connectivity index (χ2n) is 9.59. The van der Waals surface area contributed by atoms with Gasteiger partial charge in [0.2, 0.25) is 5.88 Å². The minimum atomic E-state index is -0.0696. The zero-order chi connectivity index (χ0) is 24.3. The predicted octanol–water partition coefficient (Wildman–Crippen LogP) is 4.82. The Bertz CT molecular complexity index is 1220. The molecule has 0 saturated carbocycles. The number of fused-ring (bicyclic) bond motifs is 1. The number of hydrogen-bond donors (Lipinski definition) is 0. The van der Waals surface area contributed by atoms with Crippen LogP contribution in [0.1, 0.15) is 35.4 Å². The van der Waals surface area contributed by atoms with Gasteiger partial charge in [-0.1, -0.05) is 36.4 Å². The van der Waals surface area contributed by atoms with E-state index in [1.165, 1.54) is 11.1 Å². The topological polar surface area (TPSA) is 58.4 Å². The van der Waals surface area contributed by atoms with Crippen LogP contribution < -0.4 is 4.90 Å². The number of carbonyl (C=O) groups excluding carboxylic acids is 1. The van der Waals surface area contributed by atoms with Gasteiger partial charge in [0, 0.05) is 38.4 Å². The summed E-state index contributed by atoms with van der Waals surface area (Å²) >= 11 is 0. The molecule has 0 bridgehead atoms. The number of benzene rings is 1. The summed E-state index contributed by atoms with van der Waals surface area (Å²) in [6.45, 7) is 4.32. The van der Waals surface area contributed by atoms with Crippen molar-refractivity contribution in [3.05, 3.63) is 102 Å². The van der Waals surface area contributed by atoms with E-state index < -0.39 is 0 Å². The van der Waals surface area contributed by atoms with Crippen LogP contribution in [0.25, 0.3) is 0 Å². The number of aryl methyl sites for hydroxylation is 1. The summed E-state index contributed by atoms with van der Waals surface area (Å²) < 4.78 is 17.3. The highest BCUT2D eigenvalue weighted by Crippen LogP contribution is 2.33. The van der Waals surface area contributed by atoms with Crippen LogP contribution in [0, 0.1) is 0 Å². The molecular formula is C29H31N3O4. The first kappa shape index (κ1) is 22.7. The Labute approximate surface area is 211 Å². The number of nitrogens with zero attached hydrogens (tertiary/aromatic N) is 3. The molecule has 2 aromatic rings. The molecule has 3 aliphatic heterocycles. The van der Waals surface area contributed by atoms with Crippen molar-refractivity contribution in [2.24, 2.45) is 0 Å². The summed E-state index contributed by atoms with van der Waals surface area (Å²) in [6, 6.07) is 11.8. The number of para-hydroxylation sites is 1. The van der Waals surface area contributed by atoms with Gasteiger partial charge in [0.25, 0.3) is 5.91 Å². The third kappa shape index (κ3) is 4.58. The van der Waals surface area contributed by atoms with E-state index in [0.29, 0.717) is 5.76 Å². The van der Waals surface area contributed by atoms with Crippen LogP contribution in [-0.2, 0) is 15.9 Å². The van der Waals surface area contributed by atoms with E-state index in [1.54, 1.807) is 30.9 Å². The third-order valence-electron chi connectivity index (χ3n) is 7.37. The maximum absolute atomic E-state index is 13.4. The number of allylic oxidation sites excluding steroid dienone is 4. The Morgan fingerprint density at radius 2 is 1.86 bits per heavy atom. The first-order valence-corrected chi connectivity index (χ1v) is 12.8. The zero-order valence-electron chi connectivity index (χ0n) is 20.3. The van der Waals surface area contributed by atoms with Crippen molar-refractivity contribution in [2.45, 2.75) is 31.7 Å². The fourth-order valence-electron chi connectivity index (χ4n) is 5.41. The molecule has 0 radical (unpaired) electrons. The molecule has 7 nitrogen and oxygen atoms in total. The number of ether oxygens (including phenoxy) is 2. The molecule has 186 valence electrons. The van der Waals surface area contributed by atoms with Gasteiger partial charge in [-0.2, -0.15) is 0 Å². The molecule has 36 heavy (non-hydrogen) atoms. The smallest absolute Gasteiger partial charge is 0.294 e. The Balaban J connectivity index is 1.08. The second kappa shape index (κ2) is 10.1. The molecule has 1 fully saturated rings. The Hall–Kier alpha value is -3.71. The average molecular weight is 486 g/mol. The molecule has 1 amide bonds. The molecule has 4 heterocycles. The van der Waals surface area contributed by atoms with E-state index in [4.69, 9.17) is 13.9 Å². The standard InChI is InChI=1S/C29H31N3O4/c33-29(26-11-6-18-34-26)32-24(13-12-22-7-4-5-10-25(22)32)19-30-14-16-31(17-15-30)28-21-35-27(20-36-28)23-8-2-1-3-9-23/h1-2,4-8,10-11,18,20-21,24H,3,9,12-17,19H2. The SMILES string of the molecule is O=C(c1ccco1)N1c2ccccc2CCC1CN1CCN(C2=COC(C3=CC=CCC3)=CO2)CC1. The zero-order valence-corrected chi connectivity index (χ0v) is 20.3. The van der Waals surface area contributed by atoms with Gasteiger partial charge in [0.15, 0.2) is 17.8 Å². The van der Waals surface area contributed by atoms with Gasteiger partial charge in [0.05, 0.1) is 12.3 Å². The van der Waals surface area contributed by atoms with E-state index in [1.807, 2.05) is 17.0 Å². The van der Waals surface area contributed by atoms with Gasteiger partial charge < -0.3 is 23.7 Å². The second-order valence-corrected chi connectivity index (χ2v) is 9.59. The number of anilines is 1. The quantitative estimate of drug-likeness (QED) is 0.605. The van der Waals surface area contributed by atoms with Crippen molar-refractivity contribution >= 4 is 11.6 Å². The van der Waals surface area contributed by atoms with E-state index in [0.717, 1.165) is 75.7 Å². The van der Waals surface area contributed by atoms with Crippen LogP contribution in [0.4, 0.5) is 5.69 Å². The number of amides is 1. The maximum atomic E-state index is 13.4. The minimum Gasteiger partial charge on any atom is -0.459 e. The molecule has 1 unspecified atom stereocenters. The summed E-state index contributed by atoms with van der Waals surface area (Å²) in [4.78, 5) is 20.0. The highest BCUT2D eigenvalue weighted by atomic mass is 16.6. The number of rotatable bonds is 5. The van der Waals surface area contributed by atoms with Crippen molar-refractivity contribution in [3.8, 4) is 0 Å². The number of piperazine rings is 1. The lowest BCUT2D eigenvalue weighted by Crippen LogP contribution is -2.54. The average Bonchev–Trinajstić information content (AvgIpc) is 3.49. The van der Waals surface area contributed by atoms with Crippen LogP contribution in [0.5, 0.6) is 0 Å². The van der Waals surface area contributed by atoms with Crippen LogP contribution in [0.3, 0.4) is 0 Å². The first-order chi connectivity index (χ1) is 17.8. The lowest BCUT2D eigenvalue weighted by Gasteiger charge is -2.42. The molecule has 1 aromatic carbocycles. The lowest BCUT2D eigenvalue weighted by atomic mass is 9.94. The van der Waals surface area contributed by atoms with Crippen molar-refractivity contribution in [1.82, 2.24) is 9.80 Å². The van der Waals surface area contributed by atoms with Gasteiger partial charge in [0.1, 0.15) is 6.26 Å². The Kier molecular flexibility index (Phi) is 6.38. The van der Waals surface area contributed by atoms with E-state index in [2.05, 4.69) is 40.2 Å². The van der Waals surface area contributed by atoms with Crippen molar-refractivity contribution in [3.63, 3.8) is 0 Å². The van der Waals surface area contributed by atoms with Gasteiger partial charge in [-0.15, -0.1) is 0 Å². The highest BCUT2D eigenvalue weighted by Gasteiger charge is 2.34. The number of hydrogen-bond acceptors (Lipinski definition) is 6. The fraction of sp³-hybridized carbons (Fsp3) is 0.345. The number of carbonyl (C=O) groups is 1. The van der Waals surface area contributed by atoms with Crippen molar-refractivity contribution in [1.29, 1.82) is 0 Å². The van der Waals surface area contributed by atoms with E-state index in [-0.39, 0.29) is 11.9 Å². The summed E-state index contributed by atoms with van der Waals surface area (Å²) in [7, 11) is 0. The lowest BCUT2D eigenvalue weighted by molar-refractivity contribution is 0.0786. The Morgan fingerprint density at radius 3 is 2.61 bits per heavy atom. The highest BCUT2D eigenvalue weighted by molar-refractivity contribution is 6.05. The fourth-order valence-corrected chi connectivity index (χ4v) is 5.41. The molecule has 1 aliphatic carbocycles. The molecule has 0 spiro atoms. The molecule has 4 aliphatic rings. The summed E-state index contributed by atoms with van der Waals surface area (Å²) in [5.74, 6) is 1.86. The normalized spacial score (nSPS) is 22.1. The van der Waals surface area contributed by atoms with Gasteiger partial charge in [-0.25, -0.2) is 0 Å². The molecule has 1 aromatic heterocycles. The van der Waals surface area contributed by atoms with Crippen LogP contribution >= 0.6 is 0 Å². The van der Waals surface area contributed by atoms with Crippen LogP contribution in [-0.4, -0.2) is 54.5 Å². The van der Waals surface area contributed by atoms with Crippen LogP contribution in [0.2, 0.25) is 0 Å². The summed E-state index contributed by atoms with van der Waals surface area (Å²) in [6.07, 6.45) is 15.2. The largest absolute Gasteiger partial charge is 0.459 e. The summed E-state index contributed by atoms with van der Waals surface area (Å²) in [5.41, 5.74) is 3.38. The van der Waals surface area contributed by atoms with Crippen LogP contribution in [0.15, 0.2) is 95.0 Å². The molecule has 7 heteroatoms. The van der Waals surface area contributed by atoms with E-state index >= 15 is 0 Å².